The minimum atomic E-state index is 0.579. The van der Waals surface area contributed by atoms with Gasteiger partial charge < -0.3 is 10.2 Å². The predicted molar refractivity (Wildman–Crippen MR) is 80.8 cm³/mol. The lowest BCUT2D eigenvalue weighted by Gasteiger charge is -2.33. The van der Waals surface area contributed by atoms with Gasteiger partial charge in [-0.05, 0) is 44.3 Å². The SMILES string of the molecule is CN(C)c1ncc(CN2CCC3(CCNCC3)C2)cn1. The Morgan fingerprint density at radius 1 is 1.20 bits per heavy atom. The van der Waals surface area contributed by atoms with E-state index in [-0.39, 0.29) is 0 Å². The summed E-state index contributed by atoms with van der Waals surface area (Å²) in [5, 5.41) is 3.47. The van der Waals surface area contributed by atoms with E-state index in [1.807, 2.05) is 31.4 Å². The van der Waals surface area contributed by atoms with Crippen LogP contribution in [0.2, 0.25) is 0 Å². The van der Waals surface area contributed by atoms with Gasteiger partial charge in [-0.1, -0.05) is 0 Å². The first-order chi connectivity index (χ1) is 9.67. The number of anilines is 1. The van der Waals surface area contributed by atoms with Crippen molar-refractivity contribution in [2.24, 2.45) is 5.41 Å². The van der Waals surface area contributed by atoms with Gasteiger partial charge in [0.05, 0.1) is 0 Å². The number of aromatic nitrogens is 2. The van der Waals surface area contributed by atoms with E-state index in [0.717, 1.165) is 12.5 Å². The number of hydrogen-bond donors (Lipinski definition) is 1. The Balaban J connectivity index is 1.58. The average Bonchev–Trinajstić information content (AvgIpc) is 2.83. The third-order valence-corrected chi connectivity index (χ3v) is 4.68. The number of hydrogen-bond acceptors (Lipinski definition) is 5. The molecule has 0 aromatic carbocycles. The second-order valence-electron chi connectivity index (χ2n) is 6.50. The van der Waals surface area contributed by atoms with Crippen LogP contribution in [0.3, 0.4) is 0 Å². The van der Waals surface area contributed by atoms with Crippen molar-refractivity contribution in [3.63, 3.8) is 0 Å². The second kappa shape index (κ2) is 5.66. The molecule has 0 unspecified atom stereocenters. The lowest BCUT2D eigenvalue weighted by molar-refractivity contribution is 0.194. The Labute approximate surface area is 121 Å². The smallest absolute Gasteiger partial charge is 0.224 e. The van der Waals surface area contributed by atoms with Crippen molar-refractivity contribution >= 4 is 5.95 Å². The van der Waals surface area contributed by atoms with E-state index in [0.29, 0.717) is 5.41 Å². The first-order valence-electron chi connectivity index (χ1n) is 7.58. The highest BCUT2D eigenvalue weighted by Crippen LogP contribution is 2.38. The monoisotopic (exact) mass is 275 g/mol. The molecule has 0 radical (unpaired) electrons. The van der Waals surface area contributed by atoms with Crippen LogP contribution in [0.5, 0.6) is 0 Å². The Hall–Kier alpha value is -1.20. The average molecular weight is 275 g/mol. The van der Waals surface area contributed by atoms with Crippen LogP contribution in [0.4, 0.5) is 5.95 Å². The van der Waals surface area contributed by atoms with E-state index in [4.69, 9.17) is 0 Å². The molecule has 2 aliphatic heterocycles. The molecular weight excluding hydrogens is 250 g/mol. The maximum atomic E-state index is 4.40. The van der Waals surface area contributed by atoms with Crippen molar-refractivity contribution in [1.29, 1.82) is 0 Å². The van der Waals surface area contributed by atoms with Gasteiger partial charge in [-0.2, -0.15) is 0 Å². The fourth-order valence-electron chi connectivity index (χ4n) is 3.45. The van der Waals surface area contributed by atoms with Crippen LogP contribution >= 0.6 is 0 Å². The van der Waals surface area contributed by atoms with Crippen molar-refractivity contribution in [3.8, 4) is 0 Å². The summed E-state index contributed by atoms with van der Waals surface area (Å²) in [5.74, 6) is 0.782. The molecule has 3 rings (SSSR count). The van der Waals surface area contributed by atoms with E-state index in [1.165, 1.54) is 51.0 Å². The van der Waals surface area contributed by atoms with Gasteiger partial charge in [0, 0.05) is 45.1 Å². The van der Waals surface area contributed by atoms with Crippen molar-refractivity contribution in [2.45, 2.75) is 25.8 Å². The van der Waals surface area contributed by atoms with Crippen LogP contribution in [0.15, 0.2) is 12.4 Å². The zero-order valence-corrected chi connectivity index (χ0v) is 12.6. The summed E-state index contributed by atoms with van der Waals surface area (Å²) >= 11 is 0. The quantitative estimate of drug-likeness (QED) is 0.895. The molecule has 1 aromatic rings. The van der Waals surface area contributed by atoms with Crippen LogP contribution in [0.1, 0.15) is 24.8 Å². The zero-order valence-electron chi connectivity index (χ0n) is 12.6. The molecule has 1 spiro atoms. The predicted octanol–water partition coefficient (Wildman–Crippen LogP) is 1.12. The molecule has 1 aromatic heterocycles. The molecule has 2 saturated heterocycles. The molecule has 0 saturated carbocycles. The van der Waals surface area contributed by atoms with Crippen molar-refractivity contribution in [2.75, 3.05) is 45.2 Å². The summed E-state index contributed by atoms with van der Waals surface area (Å²) in [6.07, 6.45) is 7.95. The Kier molecular flexibility index (Phi) is 3.89. The number of likely N-dealkylation sites (tertiary alicyclic amines) is 1. The Bertz CT molecular complexity index is 436. The topological polar surface area (TPSA) is 44.3 Å². The second-order valence-corrected chi connectivity index (χ2v) is 6.50. The van der Waals surface area contributed by atoms with Crippen LogP contribution < -0.4 is 10.2 Å². The lowest BCUT2D eigenvalue weighted by Crippen LogP contribution is -2.38. The largest absolute Gasteiger partial charge is 0.347 e. The van der Waals surface area contributed by atoms with Crippen LogP contribution in [-0.2, 0) is 6.54 Å². The summed E-state index contributed by atoms with van der Waals surface area (Å²) in [5.41, 5.74) is 1.80. The molecule has 0 bridgehead atoms. The summed E-state index contributed by atoms with van der Waals surface area (Å²) in [4.78, 5) is 13.3. The highest BCUT2D eigenvalue weighted by Gasteiger charge is 2.38. The number of rotatable bonds is 3. The number of piperidine rings is 1. The summed E-state index contributed by atoms with van der Waals surface area (Å²) in [7, 11) is 3.94. The summed E-state index contributed by atoms with van der Waals surface area (Å²) in [6, 6.07) is 0. The first-order valence-corrected chi connectivity index (χ1v) is 7.58. The van der Waals surface area contributed by atoms with Gasteiger partial charge >= 0.3 is 0 Å². The Morgan fingerprint density at radius 3 is 2.55 bits per heavy atom. The lowest BCUT2D eigenvalue weighted by atomic mass is 9.78. The molecule has 5 nitrogen and oxygen atoms in total. The fraction of sp³-hybridized carbons (Fsp3) is 0.733. The third kappa shape index (κ3) is 2.94. The molecule has 20 heavy (non-hydrogen) atoms. The molecule has 110 valence electrons. The van der Waals surface area contributed by atoms with E-state index in [1.54, 1.807) is 0 Å². The normalized spacial score (nSPS) is 22.3. The van der Waals surface area contributed by atoms with Gasteiger partial charge in [-0.15, -0.1) is 0 Å². The molecule has 0 atom stereocenters. The van der Waals surface area contributed by atoms with Crippen LogP contribution in [-0.4, -0.2) is 55.1 Å². The highest BCUT2D eigenvalue weighted by atomic mass is 15.2. The van der Waals surface area contributed by atoms with Gasteiger partial charge in [-0.3, -0.25) is 4.90 Å². The third-order valence-electron chi connectivity index (χ3n) is 4.68. The van der Waals surface area contributed by atoms with Crippen molar-refractivity contribution < 1.29 is 0 Å². The van der Waals surface area contributed by atoms with E-state index in [2.05, 4.69) is 20.2 Å². The zero-order chi connectivity index (χ0) is 14.0. The van der Waals surface area contributed by atoms with Crippen LogP contribution in [0.25, 0.3) is 0 Å². The summed E-state index contributed by atoms with van der Waals surface area (Å²) in [6.45, 7) is 5.82. The molecule has 0 aliphatic carbocycles. The summed E-state index contributed by atoms with van der Waals surface area (Å²) < 4.78 is 0. The fourth-order valence-corrected chi connectivity index (χ4v) is 3.45. The van der Waals surface area contributed by atoms with Crippen molar-refractivity contribution in [1.82, 2.24) is 20.2 Å². The molecule has 1 N–H and O–H groups in total. The molecule has 5 heteroatoms. The van der Waals surface area contributed by atoms with E-state index in [9.17, 15) is 0 Å². The number of nitrogens with zero attached hydrogens (tertiary/aromatic N) is 4. The van der Waals surface area contributed by atoms with Gasteiger partial charge in [0.1, 0.15) is 0 Å². The first kappa shape index (κ1) is 13.8. The van der Waals surface area contributed by atoms with Crippen molar-refractivity contribution in [3.05, 3.63) is 18.0 Å². The Morgan fingerprint density at radius 2 is 1.90 bits per heavy atom. The molecule has 2 fully saturated rings. The minimum Gasteiger partial charge on any atom is -0.347 e. The van der Waals surface area contributed by atoms with Gasteiger partial charge in [-0.25, -0.2) is 9.97 Å². The van der Waals surface area contributed by atoms with Gasteiger partial charge in [0.25, 0.3) is 0 Å². The molecule has 2 aliphatic rings. The molecule has 3 heterocycles. The molecule has 0 amide bonds. The number of nitrogens with one attached hydrogen (secondary N) is 1. The van der Waals surface area contributed by atoms with E-state index >= 15 is 0 Å². The van der Waals surface area contributed by atoms with Crippen LogP contribution in [0, 0.1) is 5.41 Å². The van der Waals surface area contributed by atoms with E-state index < -0.39 is 0 Å². The molecular formula is C15H25N5. The maximum Gasteiger partial charge on any atom is 0.224 e. The van der Waals surface area contributed by atoms with Gasteiger partial charge in [0.15, 0.2) is 0 Å². The minimum absolute atomic E-state index is 0.579. The highest BCUT2D eigenvalue weighted by molar-refractivity contribution is 5.26. The van der Waals surface area contributed by atoms with Gasteiger partial charge in [0.2, 0.25) is 5.95 Å². The maximum absolute atomic E-state index is 4.40. The standard InChI is InChI=1S/C15H25N5/c1-19(2)14-17-9-13(10-18-14)11-20-8-5-15(12-20)3-6-16-7-4-15/h9-10,16H,3-8,11-12H2,1-2H3.